The minimum Gasteiger partial charge on any atom is -0.491 e. The number of hydrogen-bond acceptors (Lipinski definition) is 4. The summed E-state index contributed by atoms with van der Waals surface area (Å²) < 4.78 is 30.7. The van der Waals surface area contributed by atoms with Gasteiger partial charge in [0.15, 0.2) is 5.25 Å². The van der Waals surface area contributed by atoms with Gasteiger partial charge in [-0.25, -0.2) is 12.7 Å². The summed E-state index contributed by atoms with van der Waals surface area (Å²) in [5.41, 5.74) is 1.06. The van der Waals surface area contributed by atoms with E-state index in [1.165, 1.54) is 11.4 Å². The number of benzene rings is 1. The Bertz CT molecular complexity index is 641. The average molecular weight is 340 g/mol. The minimum atomic E-state index is -3.47. The maximum absolute atomic E-state index is 12.0. The highest BCUT2D eigenvalue weighted by atomic mass is 32.2. The van der Waals surface area contributed by atoms with Crippen LogP contribution in [0.5, 0.6) is 5.75 Å². The van der Waals surface area contributed by atoms with Crippen LogP contribution in [-0.2, 0) is 21.2 Å². The fourth-order valence-electron chi connectivity index (χ4n) is 2.51. The van der Waals surface area contributed by atoms with Crippen LogP contribution in [0.1, 0.15) is 25.8 Å². The summed E-state index contributed by atoms with van der Waals surface area (Å²) in [7, 11) is -1.97. The van der Waals surface area contributed by atoms with Gasteiger partial charge in [0.25, 0.3) is 0 Å². The van der Waals surface area contributed by atoms with Gasteiger partial charge in [0.1, 0.15) is 5.75 Å². The zero-order valence-electron chi connectivity index (χ0n) is 13.8. The molecule has 1 amide bonds. The molecule has 1 fully saturated rings. The topological polar surface area (TPSA) is 75.7 Å². The summed E-state index contributed by atoms with van der Waals surface area (Å²) >= 11 is 0. The maximum Gasteiger partial charge on any atom is 0.239 e. The molecule has 1 unspecified atom stereocenters. The standard InChI is InChI=1S/C16H24N2O4S/c1-12(2)22-14-6-4-13(5-7-14)8-10-17-16(19)15-9-11-18(3)23(15,20)21/h4-7,12,15H,8-11H2,1-3H3,(H,17,19). The molecule has 1 aromatic carbocycles. The molecule has 1 N–H and O–H groups in total. The van der Waals surface area contributed by atoms with Crippen LogP contribution in [0.15, 0.2) is 24.3 Å². The van der Waals surface area contributed by atoms with Crippen molar-refractivity contribution in [1.82, 2.24) is 9.62 Å². The Hall–Kier alpha value is -1.60. The summed E-state index contributed by atoms with van der Waals surface area (Å²) in [5, 5.41) is 1.77. The van der Waals surface area contributed by atoms with E-state index in [1.54, 1.807) is 0 Å². The molecule has 23 heavy (non-hydrogen) atoms. The molecule has 1 aromatic rings. The summed E-state index contributed by atoms with van der Waals surface area (Å²) in [6.07, 6.45) is 1.13. The van der Waals surface area contributed by atoms with Gasteiger partial charge >= 0.3 is 0 Å². The lowest BCUT2D eigenvalue weighted by molar-refractivity contribution is -0.120. The third-order valence-electron chi connectivity index (χ3n) is 3.80. The SMILES string of the molecule is CC(C)Oc1ccc(CCNC(=O)C2CCN(C)S2(=O)=O)cc1. The molecule has 2 rings (SSSR count). The maximum atomic E-state index is 12.0. The number of hydrogen-bond donors (Lipinski definition) is 1. The quantitative estimate of drug-likeness (QED) is 0.843. The van der Waals surface area contributed by atoms with Crippen LogP contribution in [0.3, 0.4) is 0 Å². The first-order chi connectivity index (χ1) is 10.8. The Morgan fingerprint density at radius 3 is 2.52 bits per heavy atom. The highest BCUT2D eigenvalue weighted by Crippen LogP contribution is 2.20. The van der Waals surface area contributed by atoms with Crippen molar-refractivity contribution in [3.63, 3.8) is 0 Å². The third-order valence-corrected chi connectivity index (χ3v) is 6.02. The van der Waals surface area contributed by atoms with E-state index >= 15 is 0 Å². The molecular weight excluding hydrogens is 316 g/mol. The van der Waals surface area contributed by atoms with Crippen LogP contribution in [-0.4, -0.2) is 50.1 Å². The second kappa shape index (κ2) is 7.31. The first-order valence-electron chi connectivity index (χ1n) is 7.79. The summed E-state index contributed by atoms with van der Waals surface area (Å²) in [6.45, 7) is 4.76. The number of rotatable bonds is 6. The lowest BCUT2D eigenvalue weighted by Crippen LogP contribution is -2.40. The Labute approximate surface area is 137 Å². The molecule has 0 saturated carbocycles. The molecule has 0 spiro atoms. The third kappa shape index (κ3) is 4.45. The monoisotopic (exact) mass is 340 g/mol. The van der Waals surface area contributed by atoms with Crippen molar-refractivity contribution < 1.29 is 17.9 Å². The van der Waals surface area contributed by atoms with E-state index in [2.05, 4.69) is 5.32 Å². The summed E-state index contributed by atoms with van der Waals surface area (Å²) in [5.74, 6) is 0.405. The number of carbonyl (C=O) groups is 1. The predicted molar refractivity (Wildman–Crippen MR) is 88.9 cm³/mol. The average Bonchev–Trinajstić information content (AvgIpc) is 2.74. The number of sulfonamides is 1. The van der Waals surface area contributed by atoms with Gasteiger partial charge in [-0.3, -0.25) is 4.79 Å². The van der Waals surface area contributed by atoms with Gasteiger partial charge in [-0.2, -0.15) is 0 Å². The van der Waals surface area contributed by atoms with Gasteiger partial charge in [0.2, 0.25) is 15.9 Å². The van der Waals surface area contributed by atoms with E-state index < -0.39 is 21.2 Å². The number of carbonyl (C=O) groups excluding carboxylic acids is 1. The van der Waals surface area contributed by atoms with Crippen molar-refractivity contribution in [3.8, 4) is 5.75 Å². The van der Waals surface area contributed by atoms with Gasteiger partial charge in [-0.05, 0) is 44.4 Å². The van der Waals surface area contributed by atoms with Crippen molar-refractivity contribution in [2.75, 3.05) is 20.1 Å². The van der Waals surface area contributed by atoms with E-state index in [9.17, 15) is 13.2 Å². The molecule has 1 atom stereocenters. The Balaban J connectivity index is 1.82. The van der Waals surface area contributed by atoms with E-state index in [4.69, 9.17) is 4.74 Å². The first kappa shape index (κ1) is 17.7. The minimum absolute atomic E-state index is 0.131. The van der Waals surface area contributed by atoms with Crippen molar-refractivity contribution in [1.29, 1.82) is 0 Å². The van der Waals surface area contributed by atoms with Gasteiger partial charge < -0.3 is 10.1 Å². The Kier molecular flexibility index (Phi) is 5.64. The Morgan fingerprint density at radius 2 is 2.00 bits per heavy atom. The molecule has 7 heteroatoms. The molecule has 1 aliphatic heterocycles. The smallest absolute Gasteiger partial charge is 0.239 e. The lowest BCUT2D eigenvalue weighted by atomic mass is 10.1. The van der Waals surface area contributed by atoms with Gasteiger partial charge in [-0.1, -0.05) is 12.1 Å². The van der Waals surface area contributed by atoms with Crippen LogP contribution in [0.2, 0.25) is 0 Å². The van der Waals surface area contributed by atoms with Crippen LogP contribution in [0, 0.1) is 0 Å². The van der Waals surface area contributed by atoms with E-state index in [-0.39, 0.29) is 6.10 Å². The lowest BCUT2D eigenvalue weighted by Gasteiger charge is -2.13. The normalized spacial score (nSPS) is 20.6. The van der Waals surface area contributed by atoms with E-state index in [0.29, 0.717) is 25.9 Å². The van der Waals surface area contributed by atoms with Gasteiger partial charge in [0.05, 0.1) is 6.10 Å². The predicted octanol–water partition coefficient (Wildman–Crippen LogP) is 1.17. The van der Waals surface area contributed by atoms with Crippen LogP contribution in [0.25, 0.3) is 0 Å². The number of amides is 1. The van der Waals surface area contributed by atoms with Crippen LogP contribution >= 0.6 is 0 Å². The fraction of sp³-hybridized carbons (Fsp3) is 0.562. The second-order valence-corrected chi connectivity index (χ2v) is 8.22. The largest absolute Gasteiger partial charge is 0.491 e. The zero-order chi connectivity index (χ0) is 17.0. The molecule has 0 bridgehead atoms. The fourth-order valence-corrected chi connectivity index (χ4v) is 4.06. The van der Waals surface area contributed by atoms with E-state index in [1.807, 2.05) is 38.1 Å². The van der Waals surface area contributed by atoms with Gasteiger partial charge in [0, 0.05) is 20.1 Å². The molecule has 6 nitrogen and oxygen atoms in total. The highest BCUT2D eigenvalue weighted by molar-refractivity contribution is 7.90. The molecular formula is C16H24N2O4S. The van der Waals surface area contributed by atoms with Crippen molar-refractivity contribution in [2.45, 2.75) is 38.0 Å². The first-order valence-corrected chi connectivity index (χ1v) is 9.29. The van der Waals surface area contributed by atoms with Gasteiger partial charge in [-0.15, -0.1) is 0 Å². The van der Waals surface area contributed by atoms with Crippen molar-refractivity contribution >= 4 is 15.9 Å². The molecule has 1 aliphatic rings. The van der Waals surface area contributed by atoms with E-state index in [0.717, 1.165) is 11.3 Å². The van der Waals surface area contributed by atoms with Crippen LogP contribution < -0.4 is 10.1 Å². The number of ether oxygens (including phenoxy) is 1. The van der Waals surface area contributed by atoms with Crippen molar-refractivity contribution in [2.24, 2.45) is 0 Å². The second-order valence-electron chi connectivity index (χ2n) is 6.00. The molecule has 0 aromatic heterocycles. The highest BCUT2D eigenvalue weighted by Gasteiger charge is 2.41. The summed E-state index contributed by atoms with van der Waals surface area (Å²) in [6, 6.07) is 7.69. The molecule has 1 saturated heterocycles. The zero-order valence-corrected chi connectivity index (χ0v) is 14.6. The molecule has 0 radical (unpaired) electrons. The molecule has 128 valence electrons. The number of nitrogens with one attached hydrogen (secondary N) is 1. The summed E-state index contributed by atoms with van der Waals surface area (Å²) in [4.78, 5) is 12.0. The number of nitrogens with zero attached hydrogens (tertiary/aromatic N) is 1. The van der Waals surface area contributed by atoms with Crippen LogP contribution in [0.4, 0.5) is 0 Å². The Morgan fingerprint density at radius 1 is 1.35 bits per heavy atom. The van der Waals surface area contributed by atoms with Crippen molar-refractivity contribution in [3.05, 3.63) is 29.8 Å². The molecule has 1 heterocycles. The molecule has 0 aliphatic carbocycles.